The summed E-state index contributed by atoms with van der Waals surface area (Å²) in [5, 5.41) is 16.4. The molecule has 1 unspecified atom stereocenters. The molecule has 3 heterocycles. The van der Waals surface area contributed by atoms with Gasteiger partial charge in [-0.2, -0.15) is 0 Å². The van der Waals surface area contributed by atoms with Gasteiger partial charge in [-0.05, 0) is 68.8 Å². The van der Waals surface area contributed by atoms with Crippen LogP contribution in [0.4, 0.5) is 5.82 Å². The van der Waals surface area contributed by atoms with Crippen molar-refractivity contribution in [2.75, 3.05) is 38.0 Å². The number of nitrogens with one attached hydrogen (secondary N) is 2. The van der Waals surface area contributed by atoms with Crippen LogP contribution in [0.15, 0.2) is 42.5 Å². The minimum absolute atomic E-state index is 0.00719. The highest BCUT2D eigenvalue weighted by atomic mass is 16.4. The Labute approximate surface area is 191 Å². The molecule has 0 spiro atoms. The van der Waals surface area contributed by atoms with Gasteiger partial charge in [0.25, 0.3) is 0 Å². The van der Waals surface area contributed by atoms with Crippen molar-refractivity contribution in [3.8, 4) is 0 Å². The molecule has 1 aromatic carbocycles. The van der Waals surface area contributed by atoms with E-state index in [1.165, 1.54) is 24.1 Å². The fraction of sp³-hybridized carbons (Fsp3) is 0.538. The molecule has 2 aliphatic heterocycles. The summed E-state index contributed by atoms with van der Waals surface area (Å²) in [6.07, 6.45) is 6.96. The summed E-state index contributed by atoms with van der Waals surface area (Å²) in [7, 11) is 0. The van der Waals surface area contributed by atoms with Crippen molar-refractivity contribution in [2.45, 2.75) is 56.9 Å². The third-order valence-electron chi connectivity index (χ3n) is 6.71. The maximum Gasteiger partial charge on any atom is 0.304 e. The summed E-state index contributed by atoms with van der Waals surface area (Å²) in [4.78, 5) is 18.7. The SMILES string of the molecule is O=C(O)CC(CN[C@@H]1CCCN(CCCc2ccc3c(n2)NCCC3)C1)c1ccccc1. The van der Waals surface area contributed by atoms with Crippen molar-refractivity contribution in [3.63, 3.8) is 0 Å². The standard InChI is InChI=1S/C26H36N4O2/c31-25(32)17-22(20-7-2-1-3-8-20)18-28-24-11-6-16-30(19-24)15-5-10-23-13-12-21-9-4-14-27-26(21)29-23/h1-3,7-8,12-13,22,24,28H,4-6,9-11,14-19H2,(H,27,29)(H,31,32)/t22?,24-/m1/s1. The van der Waals surface area contributed by atoms with Gasteiger partial charge in [-0.3, -0.25) is 4.79 Å². The zero-order chi connectivity index (χ0) is 22.2. The van der Waals surface area contributed by atoms with Gasteiger partial charge in [-0.25, -0.2) is 4.98 Å². The topological polar surface area (TPSA) is 77.5 Å². The fourth-order valence-corrected chi connectivity index (χ4v) is 4.97. The Morgan fingerprint density at radius 1 is 1.22 bits per heavy atom. The number of carboxylic acid groups (broad SMARTS) is 1. The summed E-state index contributed by atoms with van der Waals surface area (Å²) in [5.41, 5.74) is 3.63. The van der Waals surface area contributed by atoms with E-state index in [1.807, 2.05) is 30.3 Å². The zero-order valence-corrected chi connectivity index (χ0v) is 18.9. The molecule has 0 amide bonds. The largest absolute Gasteiger partial charge is 0.481 e. The summed E-state index contributed by atoms with van der Waals surface area (Å²) in [5.74, 6) is 0.356. The van der Waals surface area contributed by atoms with E-state index in [-0.39, 0.29) is 12.3 Å². The van der Waals surface area contributed by atoms with Gasteiger partial charge in [0, 0.05) is 37.3 Å². The number of aromatic nitrogens is 1. The number of benzene rings is 1. The monoisotopic (exact) mass is 436 g/mol. The number of hydrogen-bond donors (Lipinski definition) is 3. The first-order chi connectivity index (χ1) is 15.7. The summed E-state index contributed by atoms with van der Waals surface area (Å²) in [6.45, 7) is 5.01. The van der Waals surface area contributed by atoms with E-state index < -0.39 is 5.97 Å². The molecule has 4 rings (SSSR count). The lowest BCUT2D eigenvalue weighted by molar-refractivity contribution is -0.137. The van der Waals surface area contributed by atoms with E-state index in [4.69, 9.17) is 4.98 Å². The van der Waals surface area contributed by atoms with Gasteiger partial charge < -0.3 is 20.6 Å². The number of pyridine rings is 1. The molecular formula is C26H36N4O2. The highest BCUT2D eigenvalue weighted by Crippen LogP contribution is 2.21. The Kier molecular flexibility index (Phi) is 8.13. The molecule has 0 radical (unpaired) electrons. The maximum atomic E-state index is 11.4. The molecular weight excluding hydrogens is 400 g/mol. The molecule has 0 saturated carbocycles. The average Bonchev–Trinajstić information content (AvgIpc) is 2.82. The number of hydrogen-bond acceptors (Lipinski definition) is 5. The Hall–Kier alpha value is -2.44. The second-order valence-electron chi connectivity index (χ2n) is 9.20. The number of anilines is 1. The number of carboxylic acids is 1. The van der Waals surface area contributed by atoms with E-state index in [0.29, 0.717) is 12.6 Å². The lowest BCUT2D eigenvalue weighted by Crippen LogP contribution is -2.47. The molecule has 1 saturated heterocycles. The van der Waals surface area contributed by atoms with E-state index in [9.17, 15) is 9.90 Å². The Bertz CT molecular complexity index is 873. The molecule has 32 heavy (non-hydrogen) atoms. The van der Waals surface area contributed by atoms with Crippen LogP contribution in [-0.4, -0.2) is 59.7 Å². The van der Waals surface area contributed by atoms with Crippen LogP contribution < -0.4 is 10.6 Å². The molecule has 2 atom stereocenters. The lowest BCUT2D eigenvalue weighted by Gasteiger charge is -2.34. The van der Waals surface area contributed by atoms with Crippen molar-refractivity contribution < 1.29 is 9.90 Å². The summed E-state index contributed by atoms with van der Waals surface area (Å²) < 4.78 is 0. The maximum absolute atomic E-state index is 11.4. The molecule has 1 aromatic heterocycles. The second-order valence-corrected chi connectivity index (χ2v) is 9.20. The van der Waals surface area contributed by atoms with Crippen molar-refractivity contribution in [1.29, 1.82) is 0 Å². The van der Waals surface area contributed by atoms with Gasteiger partial charge in [0.2, 0.25) is 0 Å². The number of piperidine rings is 1. The highest BCUT2D eigenvalue weighted by Gasteiger charge is 2.22. The van der Waals surface area contributed by atoms with E-state index >= 15 is 0 Å². The first kappa shape index (κ1) is 22.7. The lowest BCUT2D eigenvalue weighted by atomic mass is 9.94. The molecule has 2 aromatic rings. The number of carbonyl (C=O) groups is 1. The number of rotatable bonds is 10. The minimum Gasteiger partial charge on any atom is -0.481 e. The number of fused-ring (bicyclic) bond motifs is 1. The average molecular weight is 437 g/mol. The normalized spacial score (nSPS) is 19.7. The van der Waals surface area contributed by atoms with E-state index in [0.717, 1.165) is 63.2 Å². The first-order valence-electron chi connectivity index (χ1n) is 12.1. The molecule has 0 aliphatic carbocycles. The third kappa shape index (κ3) is 6.53. The van der Waals surface area contributed by atoms with Crippen LogP contribution in [0.1, 0.15) is 54.8 Å². The van der Waals surface area contributed by atoms with Crippen molar-refractivity contribution in [3.05, 3.63) is 59.3 Å². The second kappa shape index (κ2) is 11.4. The molecule has 2 aliphatic rings. The van der Waals surface area contributed by atoms with Crippen molar-refractivity contribution >= 4 is 11.8 Å². The van der Waals surface area contributed by atoms with Gasteiger partial charge in [0.05, 0.1) is 6.42 Å². The zero-order valence-electron chi connectivity index (χ0n) is 18.9. The van der Waals surface area contributed by atoms with Gasteiger partial charge in [0.1, 0.15) is 5.82 Å². The minimum atomic E-state index is -0.739. The Morgan fingerprint density at radius 2 is 2.09 bits per heavy atom. The Morgan fingerprint density at radius 3 is 2.94 bits per heavy atom. The van der Waals surface area contributed by atoms with Crippen LogP contribution in [-0.2, 0) is 17.6 Å². The van der Waals surface area contributed by atoms with Crippen LogP contribution in [0.2, 0.25) is 0 Å². The number of nitrogens with zero attached hydrogens (tertiary/aromatic N) is 2. The third-order valence-corrected chi connectivity index (χ3v) is 6.71. The van der Waals surface area contributed by atoms with Crippen LogP contribution in [0.5, 0.6) is 0 Å². The predicted molar refractivity (Wildman–Crippen MR) is 128 cm³/mol. The Balaban J connectivity index is 1.23. The highest BCUT2D eigenvalue weighted by molar-refractivity contribution is 5.68. The van der Waals surface area contributed by atoms with Gasteiger partial charge in [-0.15, -0.1) is 0 Å². The molecule has 172 valence electrons. The smallest absolute Gasteiger partial charge is 0.304 e. The molecule has 6 heteroatoms. The van der Waals surface area contributed by atoms with Gasteiger partial charge in [0.15, 0.2) is 0 Å². The van der Waals surface area contributed by atoms with Crippen molar-refractivity contribution in [1.82, 2.24) is 15.2 Å². The molecule has 6 nitrogen and oxygen atoms in total. The number of aryl methyl sites for hydroxylation is 2. The molecule has 1 fully saturated rings. The fourth-order valence-electron chi connectivity index (χ4n) is 4.97. The van der Waals surface area contributed by atoms with Gasteiger partial charge >= 0.3 is 5.97 Å². The molecule has 0 bridgehead atoms. The van der Waals surface area contributed by atoms with Gasteiger partial charge in [-0.1, -0.05) is 36.4 Å². The number of likely N-dealkylation sites (tertiary alicyclic amines) is 1. The van der Waals surface area contributed by atoms with E-state index in [1.54, 1.807) is 0 Å². The number of aliphatic carboxylic acids is 1. The first-order valence-corrected chi connectivity index (χ1v) is 12.1. The van der Waals surface area contributed by atoms with Crippen LogP contribution in [0.25, 0.3) is 0 Å². The van der Waals surface area contributed by atoms with Crippen LogP contribution >= 0.6 is 0 Å². The van der Waals surface area contributed by atoms with Crippen molar-refractivity contribution in [2.24, 2.45) is 0 Å². The molecule has 3 N–H and O–H groups in total. The van der Waals surface area contributed by atoms with E-state index in [2.05, 4.69) is 27.7 Å². The quantitative estimate of drug-likeness (QED) is 0.527. The van der Waals surface area contributed by atoms with Crippen LogP contribution in [0, 0.1) is 0 Å². The summed E-state index contributed by atoms with van der Waals surface area (Å²) in [6, 6.07) is 14.9. The summed E-state index contributed by atoms with van der Waals surface area (Å²) >= 11 is 0. The van der Waals surface area contributed by atoms with Crippen LogP contribution in [0.3, 0.4) is 0 Å². The predicted octanol–water partition coefficient (Wildman–Crippen LogP) is 3.68.